The second kappa shape index (κ2) is 6.25. The third-order valence-corrected chi connectivity index (χ3v) is 2.82. The Bertz CT molecular complexity index is 410. The summed E-state index contributed by atoms with van der Waals surface area (Å²) in [6.07, 6.45) is 4.11. The first-order valence-corrected chi connectivity index (χ1v) is 5.62. The van der Waals surface area contributed by atoms with E-state index in [1.807, 2.05) is 42.7 Å². The maximum Gasteiger partial charge on any atom is 0.0309 e. The van der Waals surface area contributed by atoms with Crippen molar-refractivity contribution in [1.29, 1.82) is 10.8 Å². The number of nitrogens with one attached hydrogen (secondary N) is 2. The van der Waals surface area contributed by atoms with Gasteiger partial charge in [0.1, 0.15) is 0 Å². The number of hydrogen-bond acceptors (Lipinski definition) is 4. The molecule has 0 fully saturated rings. The van der Waals surface area contributed by atoms with E-state index in [0.29, 0.717) is 0 Å². The van der Waals surface area contributed by atoms with Crippen molar-refractivity contribution in [2.24, 2.45) is 0 Å². The number of hydrogen-bond donors (Lipinski definition) is 2. The van der Waals surface area contributed by atoms with Crippen molar-refractivity contribution in [3.05, 3.63) is 35.9 Å². The molecular formula is C12H15N3S. The minimum atomic E-state index is 0.750. The van der Waals surface area contributed by atoms with Crippen LogP contribution in [0.2, 0.25) is 0 Å². The standard InChI is InChI=1S/C12H15N3S/c1-15(2)16-12-6-4-3-5-11(12)10(9-14)7-8-13/h3-9,13-14H,1-2H3/b10-7+,13-8?,14-9?. The van der Waals surface area contributed by atoms with E-state index in [9.17, 15) is 0 Å². The highest BCUT2D eigenvalue weighted by Crippen LogP contribution is 2.28. The molecule has 0 unspecified atom stereocenters. The molecule has 84 valence electrons. The van der Waals surface area contributed by atoms with E-state index in [4.69, 9.17) is 10.8 Å². The molecule has 0 heterocycles. The lowest BCUT2D eigenvalue weighted by atomic mass is 10.1. The van der Waals surface area contributed by atoms with Crippen LogP contribution in [0.3, 0.4) is 0 Å². The molecule has 0 bridgehead atoms. The Morgan fingerprint density at radius 1 is 1.25 bits per heavy atom. The summed E-state index contributed by atoms with van der Waals surface area (Å²) in [6, 6.07) is 7.89. The van der Waals surface area contributed by atoms with Crippen molar-refractivity contribution in [3.8, 4) is 0 Å². The van der Waals surface area contributed by atoms with Crippen molar-refractivity contribution in [2.45, 2.75) is 4.90 Å². The minimum Gasteiger partial charge on any atom is -0.309 e. The topological polar surface area (TPSA) is 50.9 Å². The molecule has 1 rings (SSSR count). The summed E-state index contributed by atoms with van der Waals surface area (Å²) < 4.78 is 2.00. The van der Waals surface area contributed by atoms with Crippen LogP contribution in [0, 0.1) is 10.8 Å². The van der Waals surface area contributed by atoms with E-state index < -0.39 is 0 Å². The Kier molecular flexibility index (Phi) is 4.95. The first-order valence-electron chi connectivity index (χ1n) is 4.85. The molecule has 2 N–H and O–H groups in total. The smallest absolute Gasteiger partial charge is 0.0309 e. The van der Waals surface area contributed by atoms with Crippen LogP contribution >= 0.6 is 11.9 Å². The van der Waals surface area contributed by atoms with Crippen LogP contribution in [0.1, 0.15) is 5.56 Å². The van der Waals surface area contributed by atoms with Crippen molar-refractivity contribution in [1.82, 2.24) is 4.31 Å². The summed E-state index contributed by atoms with van der Waals surface area (Å²) in [5, 5.41) is 14.4. The molecule has 1 aromatic rings. The highest BCUT2D eigenvalue weighted by molar-refractivity contribution is 7.97. The average Bonchev–Trinajstić information content (AvgIpc) is 2.26. The Morgan fingerprint density at radius 2 is 1.94 bits per heavy atom. The van der Waals surface area contributed by atoms with Crippen LogP contribution in [0.25, 0.3) is 5.57 Å². The van der Waals surface area contributed by atoms with Crippen LogP contribution in [-0.4, -0.2) is 30.8 Å². The van der Waals surface area contributed by atoms with Gasteiger partial charge in [-0.25, -0.2) is 0 Å². The highest BCUT2D eigenvalue weighted by atomic mass is 32.2. The van der Waals surface area contributed by atoms with E-state index in [1.165, 1.54) is 12.4 Å². The van der Waals surface area contributed by atoms with Crippen molar-refractivity contribution in [2.75, 3.05) is 14.1 Å². The van der Waals surface area contributed by atoms with Gasteiger partial charge in [-0.15, -0.1) is 0 Å². The van der Waals surface area contributed by atoms with Gasteiger partial charge in [0.05, 0.1) is 0 Å². The number of allylic oxidation sites excluding steroid dienone is 2. The van der Waals surface area contributed by atoms with Gasteiger partial charge in [-0.3, -0.25) is 4.31 Å². The predicted molar refractivity (Wildman–Crippen MR) is 71.5 cm³/mol. The molecule has 0 aliphatic heterocycles. The normalized spacial score (nSPS) is 11.6. The summed E-state index contributed by atoms with van der Waals surface area (Å²) >= 11 is 1.61. The Balaban J connectivity index is 3.15. The van der Waals surface area contributed by atoms with Crippen LogP contribution < -0.4 is 0 Å². The van der Waals surface area contributed by atoms with Crippen molar-refractivity contribution < 1.29 is 0 Å². The van der Waals surface area contributed by atoms with Crippen molar-refractivity contribution >= 4 is 30.0 Å². The molecule has 4 heteroatoms. The van der Waals surface area contributed by atoms with Gasteiger partial charge in [0, 0.05) is 22.9 Å². The van der Waals surface area contributed by atoms with Crippen LogP contribution in [0.15, 0.2) is 35.2 Å². The fourth-order valence-corrected chi connectivity index (χ4v) is 2.10. The highest BCUT2D eigenvalue weighted by Gasteiger charge is 2.06. The maximum absolute atomic E-state index is 7.36. The number of benzene rings is 1. The Hall–Kier alpha value is -1.39. The first kappa shape index (κ1) is 12.7. The minimum absolute atomic E-state index is 0.750. The molecule has 0 aliphatic carbocycles. The lowest BCUT2D eigenvalue weighted by Crippen LogP contribution is -2.00. The summed E-state index contributed by atoms with van der Waals surface area (Å²) in [6.45, 7) is 0. The lowest BCUT2D eigenvalue weighted by molar-refractivity contribution is 0.702. The van der Waals surface area contributed by atoms with Gasteiger partial charge in [-0.05, 0) is 43.7 Å². The van der Waals surface area contributed by atoms with Crippen LogP contribution in [0.4, 0.5) is 0 Å². The average molecular weight is 233 g/mol. The van der Waals surface area contributed by atoms with Crippen LogP contribution in [0.5, 0.6) is 0 Å². The summed E-state index contributed by atoms with van der Waals surface area (Å²) in [5.74, 6) is 0. The zero-order valence-electron chi connectivity index (χ0n) is 9.40. The molecule has 0 amide bonds. The monoisotopic (exact) mass is 233 g/mol. The molecule has 1 aromatic carbocycles. The molecule has 3 nitrogen and oxygen atoms in total. The molecule has 0 aliphatic rings. The first-order chi connectivity index (χ1) is 7.69. The molecule has 0 saturated heterocycles. The molecule has 16 heavy (non-hydrogen) atoms. The van der Waals surface area contributed by atoms with Crippen LogP contribution in [-0.2, 0) is 0 Å². The number of rotatable bonds is 5. The second-order valence-corrected chi connectivity index (χ2v) is 4.69. The van der Waals surface area contributed by atoms with E-state index in [-0.39, 0.29) is 0 Å². The fourth-order valence-electron chi connectivity index (χ4n) is 1.29. The largest absolute Gasteiger partial charge is 0.309 e. The zero-order chi connectivity index (χ0) is 12.0. The zero-order valence-corrected chi connectivity index (χ0v) is 10.2. The fraction of sp³-hybridized carbons (Fsp3) is 0.167. The van der Waals surface area contributed by atoms with Gasteiger partial charge < -0.3 is 10.8 Å². The third-order valence-electron chi connectivity index (χ3n) is 1.90. The maximum atomic E-state index is 7.36. The van der Waals surface area contributed by atoms with Gasteiger partial charge in [0.15, 0.2) is 0 Å². The molecule has 0 radical (unpaired) electrons. The third kappa shape index (κ3) is 3.32. The van der Waals surface area contributed by atoms with E-state index in [1.54, 1.807) is 18.0 Å². The molecule has 0 atom stereocenters. The quantitative estimate of drug-likeness (QED) is 0.607. The van der Waals surface area contributed by atoms with E-state index >= 15 is 0 Å². The van der Waals surface area contributed by atoms with Gasteiger partial charge in [0.2, 0.25) is 0 Å². The number of nitrogens with zero attached hydrogens (tertiary/aromatic N) is 1. The molecule has 0 saturated carbocycles. The van der Waals surface area contributed by atoms with E-state index in [0.717, 1.165) is 16.0 Å². The summed E-state index contributed by atoms with van der Waals surface area (Å²) in [5.41, 5.74) is 1.74. The molecule has 0 spiro atoms. The van der Waals surface area contributed by atoms with Gasteiger partial charge in [-0.1, -0.05) is 18.2 Å². The Labute approximate surface area is 100 Å². The van der Waals surface area contributed by atoms with E-state index in [2.05, 4.69) is 0 Å². The molecular weight excluding hydrogens is 218 g/mol. The summed E-state index contributed by atoms with van der Waals surface area (Å²) in [4.78, 5) is 1.09. The Morgan fingerprint density at radius 3 is 2.50 bits per heavy atom. The van der Waals surface area contributed by atoms with Gasteiger partial charge in [0.25, 0.3) is 0 Å². The SMILES string of the molecule is CN(C)Sc1ccccc1/C(C=N)=C/C=N. The lowest BCUT2D eigenvalue weighted by Gasteiger charge is -2.12. The van der Waals surface area contributed by atoms with Crippen molar-refractivity contribution in [3.63, 3.8) is 0 Å². The van der Waals surface area contributed by atoms with Gasteiger partial charge in [-0.2, -0.15) is 0 Å². The second-order valence-electron chi connectivity index (χ2n) is 3.33. The summed E-state index contributed by atoms with van der Waals surface area (Å²) in [7, 11) is 3.96. The van der Waals surface area contributed by atoms with Gasteiger partial charge >= 0.3 is 0 Å². The predicted octanol–water partition coefficient (Wildman–Crippen LogP) is 2.94. The molecule has 0 aromatic heterocycles.